The number of hydrogen-bond donors (Lipinski definition) is 14. The van der Waals surface area contributed by atoms with Crippen LogP contribution in [0.25, 0.3) is 11.2 Å². The van der Waals surface area contributed by atoms with Crippen LogP contribution < -0.4 is 65.8 Å². The van der Waals surface area contributed by atoms with Gasteiger partial charge in [0.1, 0.15) is 48.4 Å². The van der Waals surface area contributed by atoms with Crippen molar-refractivity contribution in [2.24, 2.45) is 22.9 Å². The Hall–Kier alpha value is -7.25. The summed E-state index contributed by atoms with van der Waals surface area (Å²) in [6, 6.07) is -1.44. The van der Waals surface area contributed by atoms with E-state index in [1.54, 1.807) is 30.5 Å². The summed E-state index contributed by atoms with van der Waals surface area (Å²) in [5.41, 5.74) is 25.3. The van der Waals surface area contributed by atoms with Gasteiger partial charge < -0.3 is 84.8 Å². The van der Waals surface area contributed by atoms with Crippen LogP contribution in [0.2, 0.25) is 0 Å². The van der Waals surface area contributed by atoms with Gasteiger partial charge in [-0.3, -0.25) is 42.9 Å². The minimum atomic E-state index is -1.64. The molecule has 7 atom stereocenters. The SMILES string of the molecule is CCCCCCCCCCCCCCCC(=O)OCC(CSC[C@H](N)C(=O)N[C@@H](CO)C(=O)N[C@@H](CCCCNC(=O)c1ccc(Cn2c(=O)[nH]c3cnc(NCCCC)nc32)cc1)C(=O)N[C@@H](CCCCN)C(=O)N[C@@H](CCCCN)C(=O)N[C@@H](CCCCN)C(=O)O)OC(=O)CCCCCCCCCCCCCCC. The lowest BCUT2D eigenvalue weighted by Crippen LogP contribution is -2.59. The summed E-state index contributed by atoms with van der Waals surface area (Å²) >= 11 is 1.18. The largest absolute Gasteiger partial charge is 0.480 e. The van der Waals surface area contributed by atoms with Gasteiger partial charge in [0.05, 0.1) is 25.4 Å². The first-order valence-corrected chi connectivity index (χ1v) is 43.7. The predicted molar refractivity (Wildman–Crippen MR) is 443 cm³/mol. The number of fused-ring (bicyclic) bond motifs is 1. The van der Waals surface area contributed by atoms with Crippen LogP contribution in [0, 0.1) is 0 Å². The van der Waals surface area contributed by atoms with E-state index >= 15 is 0 Å². The number of hydrogen-bond acceptors (Lipinski definition) is 21. The van der Waals surface area contributed by atoms with Crippen molar-refractivity contribution in [3.63, 3.8) is 0 Å². The third-order valence-electron chi connectivity index (χ3n) is 19.9. The van der Waals surface area contributed by atoms with E-state index in [9.17, 15) is 58.2 Å². The smallest absolute Gasteiger partial charge is 0.328 e. The Morgan fingerprint density at radius 2 is 0.938 bits per heavy atom. The summed E-state index contributed by atoms with van der Waals surface area (Å²) in [4.78, 5) is 148. The monoisotopic (exact) mass is 1590 g/mol. The van der Waals surface area contributed by atoms with Gasteiger partial charge in [-0.1, -0.05) is 193 Å². The van der Waals surface area contributed by atoms with Gasteiger partial charge in [0.15, 0.2) is 5.65 Å². The van der Waals surface area contributed by atoms with E-state index in [0.717, 1.165) is 56.9 Å². The molecule has 3 aromatic rings. The van der Waals surface area contributed by atoms with Crippen LogP contribution in [0.4, 0.5) is 5.95 Å². The maximum atomic E-state index is 14.7. The number of aliphatic carboxylic acids is 1. The van der Waals surface area contributed by atoms with Crippen LogP contribution in [0.3, 0.4) is 0 Å². The molecule has 0 spiro atoms. The first-order chi connectivity index (χ1) is 54.3. The number of carbonyl (C=O) groups is 9. The number of nitrogens with one attached hydrogen (secondary N) is 8. The van der Waals surface area contributed by atoms with Crippen molar-refractivity contribution in [2.75, 3.05) is 62.8 Å². The van der Waals surface area contributed by atoms with Crippen molar-refractivity contribution in [2.45, 2.75) is 339 Å². The molecule has 30 heteroatoms. The number of carboxylic acids is 1. The Balaban J connectivity index is 1.76. The van der Waals surface area contributed by atoms with Crippen molar-refractivity contribution in [3.8, 4) is 0 Å². The number of anilines is 1. The maximum Gasteiger partial charge on any atom is 0.328 e. The van der Waals surface area contributed by atoms with Gasteiger partial charge in [-0.05, 0) is 134 Å². The molecule has 6 amide bonds. The molecule has 0 aliphatic rings. The topological polar surface area (TPSA) is 464 Å². The highest BCUT2D eigenvalue weighted by molar-refractivity contribution is 7.99. The molecular weight excluding hydrogens is 1450 g/mol. The number of nitrogens with zero attached hydrogens (tertiary/aromatic N) is 3. The summed E-state index contributed by atoms with van der Waals surface area (Å²) in [6.45, 7) is 7.23. The number of aliphatic hydroxyl groups excluding tert-OH is 1. The van der Waals surface area contributed by atoms with E-state index in [0.29, 0.717) is 87.1 Å². The number of unbranched alkanes of at least 4 members (excludes halogenated alkanes) is 29. The molecule has 29 nitrogen and oxygen atoms in total. The highest BCUT2D eigenvalue weighted by Gasteiger charge is 2.33. The number of esters is 2. The molecule has 0 saturated heterocycles. The third-order valence-corrected chi connectivity index (χ3v) is 21.1. The number of nitrogens with two attached hydrogens (primary N) is 4. The van der Waals surface area contributed by atoms with Gasteiger partial charge in [0, 0.05) is 43.0 Å². The lowest BCUT2D eigenvalue weighted by atomic mass is 10.0. The fourth-order valence-corrected chi connectivity index (χ4v) is 13.9. The van der Waals surface area contributed by atoms with Crippen molar-refractivity contribution in [1.29, 1.82) is 0 Å². The van der Waals surface area contributed by atoms with Gasteiger partial charge in [0.2, 0.25) is 35.5 Å². The number of thioether (sulfide) groups is 1. The molecule has 0 aliphatic carbocycles. The highest BCUT2D eigenvalue weighted by atomic mass is 32.2. The van der Waals surface area contributed by atoms with Crippen LogP contribution in [-0.2, 0) is 54.4 Å². The number of amides is 6. The lowest BCUT2D eigenvalue weighted by molar-refractivity contribution is -0.157. The van der Waals surface area contributed by atoms with Crippen LogP contribution in [0.1, 0.15) is 306 Å². The van der Waals surface area contributed by atoms with Crippen LogP contribution >= 0.6 is 11.8 Å². The Morgan fingerprint density at radius 1 is 0.509 bits per heavy atom. The number of imidazole rings is 1. The van der Waals surface area contributed by atoms with Crippen molar-refractivity contribution in [3.05, 3.63) is 52.1 Å². The molecule has 0 bridgehead atoms. The van der Waals surface area contributed by atoms with Gasteiger partial charge >= 0.3 is 23.6 Å². The standard InChI is InChI=1S/C82H143N15O14S/c1-4-7-10-12-14-16-18-20-22-24-26-28-30-44-71(99)110-58-63(111-72(100)45-31-29-27-25-23-21-19-17-15-13-11-8-5-2)59-112-60-64(86)75(102)94-70(57-98)79(106)92-67(77(104)90-65(40-32-36-50-83)76(103)91-66(41-33-37-51-84)78(105)93-68(80(107)108)43-34-38-52-85)42-35-39-54-87-74(101)62-48-46-61(47-49-62)56-97-73-69(95-82(97)109)55-89-81(96-73)88-53-9-6-3/h46-49,55,63-68,70,98H,4-45,50-54,56-60,83-86H2,1-3H3,(H,87,101)(H,90,104)(H,91,103)(H,92,106)(H,93,105)(H,94,102)(H,95,109)(H,107,108)(H,88,89,96)/t63?,64-,65-,66-,67-,68-,70-/m0/s1. The maximum absolute atomic E-state index is 14.7. The Bertz CT molecular complexity index is 3160. The fraction of sp³-hybridized carbons (Fsp3) is 0.756. The highest BCUT2D eigenvalue weighted by Crippen LogP contribution is 2.20. The summed E-state index contributed by atoms with van der Waals surface area (Å²) in [7, 11) is 0. The summed E-state index contributed by atoms with van der Waals surface area (Å²) in [6.07, 6.45) is 36.5. The molecule has 1 unspecified atom stereocenters. The predicted octanol–water partition coefficient (Wildman–Crippen LogP) is 9.65. The number of H-pyrrole nitrogens is 1. The average Bonchev–Trinajstić information content (AvgIpc) is 1.64. The Morgan fingerprint density at radius 3 is 1.40 bits per heavy atom. The fourth-order valence-electron chi connectivity index (χ4n) is 13.0. The average molecular weight is 1600 g/mol. The second-order valence-electron chi connectivity index (χ2n) is 29.8. The normalized spacial score (nSPS) is 13.2. The Labute approximate surface area is 670 Å². The molecule has 3 rings (SSSR count). The molecule has 0 aliphatic heterocycles. The first-order valence-electron chi connectivity index (χ1n) is 42.5. The van der Waals surface area contributed by atoms with E-state index in [-0.39, 0.29) is 101 Å². The van der Waals surface area contributed by atoms with Crippen LogP contribution in [-0.4, -0.2) is 183 Å². The zero-order valence-electron chi connectivity index (χ0n) is 68.1. The lowest BCUT2D eigenvalue weighted by Gasteiger charge is -2.27. The quantitative estimate of drug-likeness (QED) is 0.0185. The van der Waals surface area contributed by atoms with Crippen molar-refractivity contribution < 1.29 is 62.8 Å². The zero-order chi connectivity index (χ0) is 81.8. The molecule has 0 radical (unpaired) electrons. The zero-order valence-corrected chi connectivity index (χ0v) is 68.9. The van der Waals surface area contributed by atoms with E-state index < -0.39 is 102 Å². The number of carbonyl (C=O) groups excluding carboxylic acids is 8. The van der Waals surface area contributed by atoms with Crippen LogP contribution in [0.5, 0.6) is 0 Å². The number of carboxylic acid groups (broad SMARTS) is 1. The minimum absolute atomic E-state index is 0.0310. The number of rotatable bonds is 71. The summed E-state index contributed by atoms with van der Waals surface area (Å²) in [5.74, 6) is -6.19. The molecular formula is C82H143N15O14S. The third kappa shape index (κ3) is 44.4. The molecule has 2 heterocycles. The Kier molecular flexibility index (Phi) is 55.7. The van der Waals surface area contributed by atoms with E-state index in [2.05, 4.69) is 72.9 Å². The molecule has 2 aromatic heterocycles. The number of aliphatic hydroxyl groups is 1. The number of benzene rings is 1. The number of ether oxygens (including phenoxy) is 2. The van der Waals surface area contributed by atoms with E-state index in [4.69, 9.17) is 32.4 Å². The van der Waals surface area contributed by atoms with Gasteiger partial charge in [-0.15, -0.1) is 0 Å². The summed E-state index contributed by atoms with van der Waals surface area (Å²) < 4.78 is 13.1. The van der Waals surface area contributed by atoms with Gasteiger partial charge in [0.25, 0.3) is 5.91 Å². The molecule has 18 N–H and O–H groups in total. The molecule has 0 saturated carbocycles. The van der Waals surface area contributed by atoms with Gasteiger partial charge in [-0.25, -0.2) is 14.6 Å². The van der Waals surface area contributed by atoms with Crippen molar-refractivity contribution >= 4 is 82.2 Å². The van der Waals surface area contributed by atoms with Gasteiger partial charge in [-0.2, -0.15) is 16.7 Å². The molecule has 636 valence electrons. The van der Waals surface area contributed by atoms with Crippen molar-refractivity contribution in [1.82, 2.24) is 51.4 Å². The second-order valence-corrected chi connectivity index (χ2v) is 30.9. The van der Waals surface area contributed by atoms with E-state index in [1.165, 1.54) is 132 Å². The number of aromatic nitrogens is 4. The second kappa shape index (κ2) is 63.1. The number of aromatic amines is 1. The molecule has 112 heavy (non-hydrogen) atoms. The van der Waals surface area contributed by atoms with Crippen LogP contribution in [0.15, 0.2) is 35.3 Å². The first kappa shape index (κ1) is 98.9. The van der Waals surface area contributed by atoms with E-state index in [1.807, 2.05) is 0 Å². The molecule has 1 aromatic carbocycles. The summed E-state index contributed by atoms with van der Waals surface area (Å²) in [5, 5.41) is 39.8. The molecule has 0 fully saturated rings. The minimum Gasteiger partial charge on any atom is -0.480 e.